The lowest BCUT2D eigenvalue weighted by Crippen LogP contribution is -1.96. The third-order valence-electron chi connectivity index (χ3n) is 4.21. The Kier molecular flexibility index (Phi) is 15.2. The van der Waals surface area contributed by atoms with Gasteiger partial charge in [-0.05, 0) is 78.7 Å². The Morgan fingerprint density at radius 3 is 1.78 bits per heavy atom. The molecule has 182 valence electrons. The molecule has 0 aromatic heterocycles. The van der Waals surface area contributed by atoms with Gasteiger partial charge in [0.1, 0.15) is 5.28 Å². The van der Waals surface area contributed by atoms with Gasteiger partial charge in [-0.15, -0.1) is 0 Å². The summed E-state index contributed by atoms with van der Waals surface area (Å²) in [5.41, 5.74) is 13.0. The van der Waals surface area contributed by atoms with Gasteiger partial charge in [-0.3, -0.25) is 9.42 Å². The summed E-state index contributed by atoms with van der Waals surface area (Å²) in [6, 6.07) is 0. The van der Waals surface area contributed by atoms with E-state index in [1.807, 2.05) is 6.92 Å². The molecule has 0 saturated heterocycles. The maximum Gasteiger partial charge on any atom is 0.542 e. The Morgan fingerprint density at radius 2 is 1.31 bits per heavy atom. The SMILES string of the molecule is CC(C)=CCC/C(C)=C/CC/C(C)=C/CC/C(C)=C/COP(=O)(O)OP(=O)(O)ON=[N+]=[N-]. The van der Waals surface area contributed by atoms with E-state index in [1.54, 1.807) is 6.08 Å². The summed E-state index contributed by atoms with van der Waals surface area (Å²) in [7, 11) is -9.91. The van der Waals surface area contributed by atoms with Gasteiger partial charge >= 0.3 is 15.6 Å². The van der Waals surface area contributed by atoms with Gasteiger partial charge in [0.2, 0.25) is 0 Å². The van der Waals surface area contributed by atoms with Crippen molar-refractivity contribution in [3.05, 3.63) is 57.0 Å². The van der Waals surface area contributed by atoms with Crippen molar-refractivity contribution in [1.82, 2.24) is 0 Å². The van der Waals surface area contributed by atoms with Gasteiger partial charge in [0.25, 0.3) is 0 Å². The lowest BCUT2D eigenvalue weighted by atomic mass is 10.0. The minimum atomic E-state index is -5.04. The summed E-state index contributed by atoms with van der Waals surface area (Å²) in [5, 5.41) is 2.36. The number of nitrogens with zero attached hydrogens (tertiary/aromatic N) is 3. The fourth-order valence-electron chi connectivity index (χ4n) is 2.49. The molecule has 0 spiro atoms. The average Bonchev–Trinajstić information content (AvgIpc) is 2.65. The predicted molar refractivity (Wildman–Crippen MR) is 125 cm³/mol. The lowest BCUT2D eigenvalue weighted by molar-refractivity contribution is 0.163. The minimum absolute atomic E-state index is 0.305. The van der Waals surface area contributed by atoms with Crippen molar-refractivity contribution in [3.8, 4) is 0 Å². The Morgan fingerprint density at radius 1 is 0.844 bits per heavy atom. The molecular weight excluding hydrogens is 456 g/mol. The summed E-state index contributed by atoms with van der Waals surface area (Å²) < 4.78 is 35.2. The Hall–Kier alpha value is -1.63. The van der Waals surface area contributed by atoms with E-state index >= 15 is 0 Å². The quantitative estimate of drug-likeness (QED) is 0.0563. The molecule has 32 heavy (non-hydrogen) atoms. The van der Waals surface area contributed by atoms with Crippen molar-refractivity contribution in [1.29, 1.82) is 0 Å². The van der Waals surface area contributed by atoms with Crippen LogP contribution >= 0.6 is 15.6 Å². The van der Waals surface area contributed by atoms with Crippen molar-refractivity contribution in [2.24, 2.45) is 5.28 Å². The highest BCUT2D eigenvalue weighted by atomic mass is 31.3. The van der Waals surface area contributed by atoms with Gasteiger partial charge in [-0.2, -0.15) is 4.31 Å². The standard InChI is InChI=1S/C20H35N3O7P2/c1-17(2)9-6-10-18(3)11-7-12-19(4)13-8-14-20(5)15-16-28-31(24,25)30-32(26,27)29-23-22-21/h9,11,13,15H,6-8,10,12,14,16H2,1-5H3,(H,24,25)(H,26,27)/b18-11+,19-13+,20-15+. The fourth-order valence-corrected chi connectivity index (χ4v) is 4.23. The summed E-state index contributed by atoms with van der Waals surface area (Å²) in [6.07, 6.45) is 14.0. The normalized spacial score (nSPS) is 16.5. The molecule has 0 amide bonds. The van der Waals surface area contributed by atoms with E-state index in [0.717, 1.165) is 44.1 Å². The largest absolute Gasteiger partial charge is 0.542 e. The number of phosphoric ester groups is 1. The third-order valence-corrected chi connectivity index (χ3v) is 6.61. The minimum Gasteiger partial charge on any atom is -0.336 e. The van der Waals surface area contributed by atoms with Gasteiger partial charge in [0, 0.05) is 4.91 Å². The molecule has 2 atom stereocenters. The fraction of sp³-hybridized carbons (Fsp3) is 0.600. The summed E-state index contributed by atoms with van der Waals surface area (Å²) in [6.45, 7) is 10.0. The van der Waals surface area contributed by atoms with E-state index in [4.69, 9.17) is 10.4 Å². The molecule has 0 aliphatic heterocycles. The first-order chi connectivity index (χ1) is 14.9. The first-order valence-corrected chi connectivity index (χ1v) is 13.2. The van der Waals surface area contributed by atoms with Crippen LogP contribution in [0.3, 0.4) is 0 Å². The molecule has 0 bridgehead atoms. The molecule has 0 rings (SSSR count). The molecule has 10 nitrogen and oxygen atoms in total. The topological polar surface area (TPSA) is 151 Å². The van der Waals surface area contributed by atoms with Crippen LogP contribution in [0.2, 0.25) is 0 Å². The average molecular weight is 491 g/mol. The maximum atomic E-state index is 11.6. The number of phosphoric acid groups is 2. The Balaban J connectivity index is 4.32. The maximum absolute atomic E-state index is 11.6. The molecule has 2 N–H and O–H groups in total. The number of azide groups is 1. The zero-order chi connectivity index (χ0) is 24.6. The number of allylic oxidation sites excluding steroid dienone is 7. The van der Waals surface area contributed by atoms with Crippen molar-refractivity contribution >= 4 is 15.6 Å². The van der Waals surface area contributed by atoms with E-state index in [2.05, 4.69) is 69.6 Å². The van der Waals surface area contributed by atoms with Crippen LogP contribution in [0, 0.1) is 0 Å². The van der Waals surface area contributed by atoms with E-state index < -0.39 is 15.6 Å². The van der Waals surface area contributed by atoms with Crippen molar-refractivity contribution in [2.75, 3.05) is 6.61 Å². The summed E-state index contributed by atoms with van der Waals surface area (Å²) in [5.74, 6) is 0. The Labute approximate surface area is 190 Å². The van der Waals surface area contributed by atoms with Gasteiger partial charge in [0.15, 0.2) is 0 Å². The lowest BCUT2D eigenvalue weighted by Gasteiger charge is -2.13. The predicted octanol–water partition coefficient (Wildman–Crippen LogP) is 7.61. The highest BCUT2D eigenvalue weighted by Crippen LogP contribution is 2.60. The third kappa shape index (κ3) is 18.0. The van der Waals surface area contributed by atoms with Crippen LogP contribution in [0.25, 0.3) is 10.4 Å². The molecule has 0 radical (unpaired) electrons. The van der Waals surface area contributed by atoms with Gasteiger partial charge in [-0.25, -0.2) is 9.13 Å². The molecule has 0 aromatic carbocycles. The molecule has 0 fully saturated rings. The van der Waals surface area contributed by atoms with Crippen LogP contribution in [0.1, 0.15) is 73.1 Å². The van der Waals surface area contributed by atoms with E-state index in [0.29, 0.717) is 0 Å². The van der Waals surface area contributed by atoms with Crippen LogP contribution in [-0.4, -0.2) is 16.4 Å². The molecular formula is C20H35N3O7P2. The summed E-state index contributed by atoms with van der Waals surface area (Å²) >= 11 is 0. The number of hydrogen-bond donors (Lipinski definition) is 2. The zero-order valence-corrected chi connectivity index (χ0v) is 21.2. The second-order valence-electron chi connectivity index (χ2n) is 7.62. The molecule has 12 heteroatoms. The molecule has 0 heterocycles. The van der Waals surface area contributed by atoms with Crippen LogP contribution in [0.4, 0.5) is 0 Å². The van der Waals surface area contributed by atoms with E-state index in [1.165, 1.54) is 16.7 Å². The second-order valence-corrected chi connectivity index (χ2v) is 10.6. The second kappa shape index (κ2) is 16.1. The van der Waals surface area contributed by atoms with E-state index in [9.17, 15) is 14.0 Å². The monoisotopic (exact) mass is 491 g/mol. The molecule has 2 unspecified atom stereocenters. The van der Waals surface area contributed by atoms with Crippen LogP contribution < -0.4 is 0 Å². The van der Waals surface area contributed by atoms with Gasteiger partial charge < -0.3 is 9.52 Å². The zero-order valence-electron chi connectivity index (χ0n) is 19.4. The highest BCUT2D eigenvalue weighted by Gasteiger charge is 2.36. The first kappa shape index (κ1) is 30.4. The molecule has 0 aromatic rings. The smallest absolute Gasteiger partial charge is 0.336 e. The molecule has 0 aliphatic rings. The van der Waals surface area contributed by atoms with Crippen molar-refractivity contribution in [3.63, 3.8) is 0 Å². The van der Waals surface area contributed by atoms with Gasteiger partial charge in [0.05, 0.1) is 6.61 Å². The number of rotatable bonds is 16. The van der Waals surface area contributed by atoms with E-state index in [-0.39, 0.29) is 6.61 Å². The van der Waals surface area contributed by atoms with Crippen molar-refractivity contribution < 1.29 is 32.4 Å². The van der Waals surface area contributed by atoms with Crippen molar-refractivity contribution in [2.45, 2.75) is 73.1 Å². The molecule has 0 saturated carbocycles. The Bertz CT molecular complexity index is 855. The van der Waals surface area contributed by atoms with Gasteiger partial charge in [-0.1, -0.05) is 46.6 Å². The van der Waals surface area contributed by atoms with Crippen LogP contribution in [0.5, 0.6) is 0 Å². The van der Waals surface area contributed by atoms with Crippen LogP contribution in [-0.2, 0) is 22.6 Å². The highest BCUT2D eigenvalue weighted by molar-refractivity contribution is 7.61. The van der Waals surface area contributed by atoms with Crippen LogP contribution in [0.15, 0.2) is 51.9 Å². The number of hydrogen-bond acceptors (Lipinski definition) is 6. The molecule has 0 aliphatic carbocycles. The summed E-state index contributed by atoms with van der Waals surface area (Å²) in [4.78, 5) is 20.6. The first-order valence-electron chi connectivity index (χ1n) is 10.2.